The zero-order chi connectivity index (χ0) is 12.7. The molecule has 0 bridgehead atoms. The number of hydrogen-bond donors (Lipinski definition) is 2. The average molecular weight is 226 g/mol. The van der Waals surface area contributed by atoms with Crippen LogP contribution in [0.3, 0.4) is 0 Å². The van der Waals surface area contributed by atoms with Gasteiger partial charge in [-0.2, -0.15) is 0 Å². The lowest BCUT2D eigenvalue weighted by molar-refractivity contribution is -0.445. The van der Waals surface area contributed by atoms with Gasteiger partial charge in [-0.3, -0.25) is 10.1 Å². The van der Waals surface area contributed by atoms with E-state index in [1.165, 1.54) is 0 Å². The molecule has 0 fully saturated rings. The molecule has 0 saturated carbocycles. The lowest BCUT2D eigenvalue weighted by Crippen LogP contribution is -2.37. The summed E-state index contributed by atoms with van der Waals surface area (Å²) in [6.07, 6.45) is 0. The van der Waals surface area contributed by atoms with Crippen LogP contribution in [0.1, 0.15) is 13.8 Å². The van der Waals surface area contributed by atoms with E-state index in [9.17, 15) is 0 Å². The molecule has 0 saturated heterocycles. The third-order valence-electron chi connectivity index (χ3n) is 1.77. The van der Waals surface area contributed by atoms with Gasteiger partial charge in [0.25, 0.3) is 0 Å². The summed E-state index contributed by atoms with van der Waals surface area (Å²) < 4.78 is 0. The van der Waals surface area contributed by atoms with Crippen LogP contribution >= 0.6 is 0 Å². The van der Waals surface area contributed by atoms with Crippen LogP contribution in [0.2, 0.25) is 0 Å². The SMILES string of the molecule is CC(C)N(N)c1ccccc1N.C[N+](=O)[O-]. The Labute approximate surface area is 95.0 Å². The van der Waals surface area contributed by atoms with Crippen LogP contribution in [0.15, 0.2) is 24.3 Å². The number of rotatable bonds is 2. The van der Waals surface area contributed by atoms with Crippen molar-refractivity contribution in [1.29, 1.82) is 0 Å². The summed E-state index contributed by atoms with van der Waals surface area (Å²) in [6.45, 7) is 4.04. The van der Waals surface area contributed by atoms with Gasteiger partial charge in [0.1, 0.15) is 0 Å². The van der Waals surface area contributed by atoms with Gasteiger partial charge in [-0.1, -0.05) is 12.1 Å². The van der Waals surface area contributed by atoms with Crippen molar-refractivity contribution in [3.8, 4) is 0 Å². The molecule has 1 aromatic carbocycles. The third-order valence-corrected chi connectivity index (χ3v) is 1.77. The third kappa shape index (κ3) is 5.16. The summed E-state index contributed by atoms with van der Waals surface area (Å²) in [5.74, 6) is 5.79. The molecule has 0 heterocycles. The first kappa shape index (κ1) is 14.2. The van der Waals surface area contributed by atoms with Gasteiger partial charge in [0, 0.05) is 11.0 Å². The second-order valence-corrected chi connectivity index (χ2v) is 3.50. The first-order valence-electron chi connectivity index (χ1n) is 4.82. The second kappa shape index (κ2) is 6.62. The zero-order valence-electron chi connectivity index (χ0n) is 9.75. The van der Waals surface area contributed by atoms with Gasteiger partial charge in [-0.05, 0) is 26.0 Å². The Bertz CT molecular complexity index is 337. The normalized spacial score (nSPS) is 9.31. The summed E-state index contributed by atoms with van der Waals surface area (Å²) >= 11 is 0. The summed E-state index contributed by atoms with van der Waals surface area (Å²) in [5, 5.41) is 10.5. The number of hydrogen-bond acceptors (Lipinski definition) is 5. The van der Waals surface area contributed by atoms with E-state index in [1.54, 1.807) is 5.01 Å². The Hall–Kier alpha value is -1.82. The molecule has 6 nitrogen and oxygen atoms in total. The fourth-order valence-corrected chi connectivity index (χ4v) is 1.00. The van der Waals surface area contributed by atoms with Gasteiger partial charge in [-0.15, -0.1) is 0 Å². The molecule has 0 amide bonds. The molecule has 1 rings (SSSR count). The van der Waals surface area contributed by atoms with Crippen LogP contribution in [0.25, 0.3) is 0 Å². The fraction of sp³-hybridized carbons (Fsp3) is 0.400. The highest BCUT2D eigenvalue weighted by molar-refractivity contribution is 5.66. The number of nitrogens with zero attached hydrogens (tertiary/aromatic N) is 2. The average Bonchev–Trinajstić information content (AvgIpc) is 2.16. The molecule has 1 aromatic rings. The molecule has 0 aliphatic carbocycles. The summed E-state index contributed by atoms with van der Waals surface area (Å²) in [7, 11) is 0.889. The molecule has 4 N–H and O–H groups in total. The lowest BCUT2D eigenvalue weighted by atomic mass is 10.2. The molecule has 0 aliphatic rings. The highest BCUT2D eigenvalue weighted by Crippen LogP contribution is 2.20. The maximum absolute atomic E-state index is 8.81. The predicted octanol–water partition coefficient (Wildman–Crippen LogP) is 1.25. The van der Waals surface area contributed by atoms with E-state index >= 15 is 0 Å². The zero-order valence-corrected chi connectivity index (χ0v) is 9.75. The Morgan fingerprint density at radius 1 is 1.38 bits per heavy atom. The minimum Gasteiger partial charge on any atom is -0.397 e. The van der Waals surface area contributed by atoms with Gasteiger partial charge in [0.2, 0.25) is 0 Å². The number of para-hydroxylation sites is 2. The highest BCUT2D eigenvalue weighted by atomic mass is 16.6. The molecule has 0 atom stereocenters. The van der Waals surface area contributed by atoms with E-state index in [-0.39, 0.29) is 6.04 Å². The monoisotopic (exact) mass is 226 g/mol. The van der Waals surface area contributed by atoms with Crippen molar-refractivity contribution in [2.75, 3.05) is 17.8 Å². The van der Waals surface area contributed by atoms with Crippen LogP contribution in [0, 0.1) is 10.1 Å². The molecule has 90 valence electrons. The number of anilines is 2. The van der Waals surface area contributed by atoms with Crippen LogP contribution in [-0.4, -0.2) is 18.0 Å². The van der Waals surface area contributed by atoms with E-state index in [4.69, 9.17) is 21.7 Å². The van der Waals surface area contributed by atoms with Crippen LogP contribution in [-0.2, 0) is 0 Å². The maximum Gasteiger partial charge on any atom is 0.194 e. The molecule has 0 spiro atoms. The Kier molecular flexibility index (Phi) is 5.87. The van der Waals surface area contributed by atoms with Crippen molar-refractivity contribution in [3.05, 3.63) is 34.4 Å². The molecular weight excluding hydrogens is 208 g/mol. The van der Waals surface area contributed by atoms with Crippen molar-refractivity contribution >= 4 is 11.4 Å². The summed E-state index contributed by atoms with van der Waals surface area (Å²) in [5.41, 5.74) is 7.34. The Morgan fingerprint density at radius 2 is 1.81 bits per heavy atom. The van der Waals surface area contributed by atoms with E-state index in [1.807, 2.05) is 38.1 Å². The van der Waals surface area contributed by atoms with Crippen molar-refractivity contribution in [2.45, 2.75) is 19.9 Å². The summed E-state index contributed by atoms with van der Waals surface area (Å²) in [4.78, 5) is 8.31. The van der Waals surface area contributed by atoms with Gasteiger partial charge < -0.3 is 10.7 Å². The van der Waals surface area contributed by atoms with Crippen LogP contribution in [0.5, 0.6) is 0 Å². The smallest absolute Gasteiger partial charge is 0.194 e. The van der Waals surface area contributed by atoms with Gasteiger partial charge >= 0.3 is 0 Å². The topological polar surface area (TPSA) is 98.4 Å². The minimum atomic E-state index is -0.500. The number of nitrogens with two attached hydrogens (primary N) is 2. The number of nitrogen functional groups attached to an aromatic ring is 1. The van der Waals surface area contributed by atoms with Crippen LogP contribution in [0.4, 0.5) is 11.4 Å². The first-order chi connectivity index (χ1) is 7.36. The fourth-order valence-electron chi connectivity index (χ4n) is 1.00. The van der Waals surface area contributed by atoms with Crippen molar-refractivity contribution < 1.29 is 4.92 Å². The molecule has 6 heteroatoms. The highest BCUT2D eigenvalue weighted by Gasteiger charge is 2.07. The van der Waals surface area contributed by atoms with E-state index in [0.29, 0.717) is 5.69 Å². The Morgan fingerprint density at radius 3 is 2.19 bits per heavy atom. The predicted molar refractivity (Wildman–Crippen MR) is 65.6 cm³/mol. The van der Waals surface area contributed by atoms with Crippen molar-refractivity contribution in [1.82, 2.24) is 0 Å². The van der Waals surface area contributed by atoms with E-state index in [0.717, 1.165) is 12.7 Å². The molecule has 0 aromatic heterocycles. The maximum atomic E-state index is 8.81. The molecule has 0 radical (unpaired) electrons. The quantitative estimate of drug-likeness (QED) is 0.342. The molecule has 16 heavy (non-hydrogen) atoms. The standard InChI is InChI=1S/C9H15N3.CH3NO2/c1-7(2)12(11)9-6-4-3-5-8(9)10;1-2(3)4/h3-7H,10-11H2,1-2H3;1H3. The van der Waals surface area contributed by atoms with Gasteiger partial charge in [0.05, 0.1) is 11.4 Å². The molecule has 0 unspecified atom stereocenters. The molecule has 0 aliphatic heterocycles. The Balaban J connectivity index is 0.000000487. The van der Waals surface area contributed by atoms with E-state index in [2.05, 4.69) is 0 Å². The number of benzene rings is 1. The van der Waals surface area contributed by atoms with Gasteiger partial charge in [-0.25, -0.2) is 5.84 Å². The van der Waals surface area contributed by atoms with Gasteiger partial charge in [0.15, 0.2) is 7.05 Å². The number of nitro groups is 1. The molecular formula is C10H18N4O2. The van der Waals surface area contributed by atoms with E-state index < -0.39 is 4.92 Å². The number of hydrazine groups is 1. The summed E-state index contributed by atoms with van der Waals surface area (Å²) in [6, 6.07) is 7.84. The largest absolute Gasteiger partial charge is 0.397 e. The first-order valence-corrected chi connectivity index (χ1v) is 4.82. The van der Waals surface area contributed by atoms with Crippen molar-refractivity contribution in [2.24, 2.45) is 5.84 Å². The van der Waals surface area contributed by atoms with Crippen LogP contribution < -0.4 is 16.6 Å². The second-order valence-electron chi connectivity index (χ2n) is 3.50. The lowest BCUT2D eigenvalue weighted by Gasteiger charge is -2.24. The minimum absolute atomic E-state index is 0.259. The van der Waals surface area contributed by atoms with Crippen molar-refractivity contribution in [3.63, 3.8) is 0 Å².